The van der Waals surface area contributed by atoms with Crippen LogP contribution < -0.4 is 10.6 Å². The summed E-state index contributed by atoms with van der Waals surface area (Å²) in [4.78, 5) is 37.2. The highest BCUT2D eigenvalue weighted by Gasteiger charge is 2.16. The summed E-state index contributed by atoms with van der Waals surface area (Å²) in [6, 6.07) is 9.77. The highest BCUT2D eigenvalue weighted by molar-refractivity contribution is 6.36. The van der Waals surface area contributed by atoms with E-state index in [-0.39, 0.29) is 29.4 Å². The molecule has 2 rings (SSSR count). The summed E-state index contributed by atoms with van der Waals surface area (Å²) in [5.41, 5.74) is 0.465. The van der Waals surface area contributed by atoms with Gasteiger partial charge in [0.2, 0.25) is 11.8 Å². The van der Waals surface area contributed by atoms with Crippen LogP contribution in [0.2, 0.25) is 10.0 Å². The quantitative estimate of drug-likeness (QED) is 0.766. The van der Waals surface area contributed by atoms with E-state index >= 15 is 0 Å². The Labute approximate surface area is 165 Å². The fraction of sp³-hybridized carbons (Fsp3) is 0.167. The first-order chi connectivity index (χ1) is 12.8. The van der Waals surface area contributed by atoms with E-state index in [9.17, 15) is 18.8 Å². The lowest BCUT2D eigenvalue weighted by atomic mass is 10.2. The molecule has 2 aromatic carbocycles. The third-order valence-corrected chi connectivity index (χ3v) is 4.04. The van der Waals surface area contributed by atoms with Gasteiger partial charge in [0.25, 0.3) is 5.91 Å². The number of carbonyl (C=O) groups excluding carboxylic acids is 3. The van der Waals surface area contributed by atoms with Gasteiger partial charge in [0.05, 0.1) is 23.7 Å². The van der Waals surface area contributed by atoms with Crippen molar-refractivity contribution in [2.45, 2.75) is 0 Å². The van der Waals surface area contributed by atoms with E-state index in [1.807, 2.05) is 0 Å². The zero-order chi connectivity index (χ0) is 20.0. The molecule has 0 radical (unpaired) electrons. The van der Waals surface area contributed by atoms with Gasteiger partial charge >= 0.3 is 0 Å². The van der Waals surface area contributed by atoms with Crippen LogP contribution in [0.15, 0.2) is 42.5 Å². The Morgan fingerprint density at radius 1 is 1.11 bits per heavy atom. The van der Waals surface area contributed by atoms with Gasteiger partial charge in [-0.2, -0.15) is 0 Å². The molecule has 0 aliphatic rings. The van der Waals surface area contributed by atoms with Crippen molar-refractivity contribution in [2.75, 3.05) is 25.5 Å². The Hall–Kier alpha value is -2.64. The Balaban J connectivity index is 1.84. The monoisotopic (exact) mass is 411 g/mol. The van der Waals surface area contributed by atoms with Crippen LogP contribution in [0, 0.1) is 5.82 Å². The Kier molecular flexibility index (Phi) is 7.15. The summed E-state index contributed by atoms with van der Waals surface area (Å²) in [6.45, 7) is -0.575. The molecule has 27 heavy (non-hydrogen) atoms. The first-order valence-electron chi connectivity index (χ1n) is 7.79. The van der Waals surface area contributed by atoms with E-state index < -0.39 is 23.5 Å². The maximum atomic E-state index is 13.1. The molecule has 3 amide bonds. The molecule has 6 nitrogen and oxygen atoms in total. The molecule has 0 spiro atoms. The molecule has 0 heterocycles. The number of likely N-dealkylation sites (N-methyl/N-ethyl adjacent to an activating group) is 1. The fourth-order valence-corrected chi connectivity index (χ4v) is 2.62. The maximum Gasteiger partial charge on any atom is 0.253 e. The van der Waals surface area contributed by atoms with E-state index in [1.165, 1.54) is 43.4 Å². The van der Waals surface area contributed by atoms with Gasteiger partial charge in [-0.3, -0.25) is 14.4 Å². The second-order valence-electron chi connectivity index (χ2n) is 5.62. The molecule has 0 aliphatic heterocycles. The van der Waals surface area contributed by atoms with E-state index in [2.05, 4.69) is 10.6 Å². The van der Waals surface area contributed by atoms with Gasteiger partial charge in [-0.25, -0.2) is 4.39 Å². The van der Waals surface area contributed by atoms with E-state index in [4.69, 9.17) is 23.2 Å². The summed E-state index contributed by atoms with van der Waals surface area (Å²) in [5.74, 6) is -2.00. The highest BCUT2D eigenvalue weighted by atomic mass is 35.5. The van der Waals surface area contributed by atoms with Crippen molar-refractivity contribution in [1.29, 1.82) is 0 Å². The van der Waals surface area contributed by atoms with Gasteiger partial charge < -0.3 is 15.5 Å². The van der Waals surface area contributed by atoms with Crippen LogP contribution >= 0.6 is 23.2 Å². The summed E-state index contributed by atoms with van der Waals surface area (Å²) in [7, 11) is 1.41. The molecular weight excluding hydrogens is 396 g/mol. The Morgan fingerprint density at radius 3 is 2.52 bits per heavy atom. The molecule has 0 atom stereocenters. The van der Waals surface area contributed by atoms with E-state index in [0.717, 1.165) is 11.0 Å². The molecule has 142 valence electrons. The fourth-order valence-electron chi connectivity index (χ4n) is 2.13. The van der Waals surface area contributed by atoms with Crippen molar-refractivity contribution < 1.29 is 18.8 Å². The molecule has 0 saturated heterocycles. The molecule has 0 aromatic heterocycles. The standard InChI is InChI=1S/C18H16Cl2FN3O3/c1-24(10-16(25)23-13-4-2-3-12(21)8-13)17(26)9-22-18(27)14-6-5-11(19)7-15(14)20/h2-8H,9-10H2,1H3,(H,22,27)(H,23,25). The Bertz CT molecular complexity index is 877. The minimum Gasteiger partial charge on any atom is -0.343 e. The van der Waals surface area contributed by atoms with E-state index in [0.29, 0.717) is 5.02 Å². The summed E-state index contributed by atoms with van der Waals surface area (Å²) < 4.78 is 13.1. The molecule has 9 heteroatoms. The first-order valence-corrected chi connectivity index (χ1v) is 8.54. The van der Waals surface area contributed by atoms with Gasteiger partial charge in [0, 0.05) is 17.8 Å². The van der Waals surface area contributed by atoms with Crippen LogP contribution in [0.5, 0.6) is 0 Å². The van der Waals surface area contributed by atoms with Gasteiger partial charge in [0.15, 0.2) is 0 Å². The van der Waals surface area contributed by atoms with Gasteiger partial charge in [0.1, 0.15) is 5.82 Å². The summed E-state index contributed by atoms with van der Waals surface area (Å²) in [5, 5.41) is 5.46. The topological polar surface area (TPSA) is 78.5 Å². The summed E-state index contributed by atoms with van der Waals surface area (Å²) in [6.07, 6.45) is 0. The number of benzene rings is 2. The number of carbonyl (C=O) groups is 3. The minimum absolute atomic E-state index is 0.162. The summed E-state index contributed by atoms with van der Waals surface area (Å²) >= 11 is 11.7. The molecule has 0 aliphatic carbocycles. The van der Waals surface area contributed by atoms with Gasteiger partial charge in [-0.05, 0) is 36.4 Å². The zero-order valence-electron chi connectivity index (χ0n) is 14.3. The van der Waals surface area contributed by atoms with Crippen LogP contribution in [0.4, 0.5) is 10.1 Å². The second-order valence-corrected chi connectivity index (χ2v) is 6.46. The predicted molar refractivity (Wildman–Crippen MR) is 101 cm³/mol. The van der Waals surface area contributed by atoms with Crippen molar-refractivity contribution in [1.82, 2.24) is 10.2 Å². The van der Waals surface area contributed by atoms with Crippen LogP contribution in [0.1, 0.15) is 10.4 Å². The Morgan fingerprint density at radius 2 is 1.85 bits per heavy atom. The smallest absolute Gasteiger partial charge is 0.253 e. The van der Waals surface area contributed by atoms with Gasteiger partial charge in [-0.1, -0.05) is 29.3 Å². The average Bonchev–Trinajstić information content (AvgIpc) is 2.59. The van der Waals surface area contributed by atoms with E-state index in [1.54, 1.807) is 0 Å². The highest BCUT2D eigenvalue weighted by Crippen LogP contribution is 2.20. The number of nitrogens with one attached hydrogen (secondary N) is 2. The molecular formula is C18H16Cl2FN3O3. The second kappa shape index (κ2) is 9.34. The lowest BCUT2D eigenvalue weighted by Gasteiger charge is -2.17. The zero-order valence-corrected chi connectivity index (χ0v) is 15.8. The molecule has 0 saturated carbocycles. The average molecular weight is 412 g/mol. The van der Waals surface area contributed by atoms with Crippen molar-refractivity contribution in [3.63, 3.8) is 0 Å². The number of nitrogens with zero attached hydrogens (tertiary/aromatic N) is 1. The molecule has 2 N–H and O–H groups in total. The largest absolute Gasteiger partial charge is 0.343 e. The predicted octanol–water partition coefficient (Wildman–Crippen LogP) is 2.96. The van der Waals surface area contributed by atoms with Crippen molar-refractivity contribution in [3.05, 3.63) is 63.9 Å². The third-order valence-electron chi connectivity index (χ3n) is 3.49. The SMILES string of the molecule is CN(CC(=O)Nc1cccc(F)c1)C(=O)CNC(=O)c1ccc(Cl)cc1Cl. The van der Waals surface area contributed by atoms with Crippen LogP contribution in [-0.2, 0) is 9.59 Å². The number of anilines is 1. The number of amides is 3. The lowest BCUT2D eigenvalue weighted by Crippen LogP contribution is -2.41. The van der Waals surface area contributed by atoms with Gasteiger partial charge in [-0.15, -0.1) is 0 Å². The third kappa shape index (κ3) is 6.23. The first kappa shape index (κ1) is 20.7. The normalized spacial score (nSPS) is 10.2. The minimum atomic E-state index is -0.539. The van der Waals surface area contributed by atoms with Crippen molar-refractivity contribution in [2.24, 2.45) is 0 Å². The van der Waals surface area contributed by atoms with Crippen LogP contribution in [0.3, 0.4) is 0 Å². The maximum absolute atomic E-state index is 13.1. The van der Waals surface area contributed by atoms with Crippen molar-refractivity contribution >= 4 is 46.6 Å². The molecule has 0 fully saturated rings. The number of hydrogen-bond acceptors (Lipinski definition) is 3. The number of rotatable bonds is 6. The van der Waals surface area contributed by atoms with Crippen molar-refractivity contribution in [3.8, 4) is 0 Å². The van der Waals surface area contributed by atoms with Crippen LogP contribution in [0.25, 0.3) is 0 Å². The molecule has 2 aromatic rings. The molecule has 0 unspecified atom stereocenters. The lowest BCUT2D eigenvalue weighted by molar-refractivity contribution is -0.132. The number of hydrogen-bond donors (Lipinski definition) is 2. The molecule has 0 bridgehead atoms. The number of halogens is 3. The van der Waals surface area contributed by atoms with Crippen LogP contribution in [-0.4, -0.2) is 42.8 Å².